The first-order valence-corrected chi connectivity index (χ1v) is 12.9. The van der Waals surface area contributed by atoms with Gasteiger partial charge in [0.15, 0.2) is 5.60 Å². The number of aliphatic hydroxyl groups is 2. The summed E-state index contributed by atoms with van der Waals surface area (Å²) in [6.07, 6.45) is -5.44. The van der Waals surface area contributed by atoms with E-state index in [-0.39, 0.29) is 18.4 Å². The first-order valence-electron chi connectivity index (χ1n) is 12.9. The van der Waals surface area contributed by atoms with Crippen LogP contribution in [0, 0.1) is 11.3 Å². The molecule has 3 aliphatic rings. The van der Waals surface area contributed by atoms with E-state index in [1.54, 1.807) is 32.0 Å². The molecule has 39 heavy (non-hydrogen) atoms. The molecule has 0 radical (unpaired) electrons. The average Bonchev–Trinajstić information content (AvgIpc) is 3.03. The Kier molecular flexibility index (Phi) is 7.33. The molecule has 8 atom stereocenters. The van der Waals surface area contributed by atoms with E-state index in [0.29, 0.717) is 0 Å². The Labute approximate surface area is 226 Å². The monoisotopic (exact) mass is 548 g/mol. The van der Waals surface area contributed by atoms with Crippen LogP contribution in [-0.4, -0.2) is 81.9 Å². The van der Waals surface area contributed by atoms with Gasteiger partial charge in [0.1, 0.15) is 36.4 Å². The van der Waals surface area contributed by atoms with Crippen molar-refractivity contribution in [3.8, 4) is 0 Å². The quantitative estimate of drug-likeness (QED) is 0.394. The second-order valence-corrected chi connectivity index (χ2v) is 11.4. The Morgan fingerprint density at radius 2 is 1.54 bits per heavy atom. The molecule has 1 spiro atoms. The lowest BCUT2D eigenvalue weighted by Crippen LogP contribution is -2.83. The molecule has 2 aliphatic carbocycles. The van der Waals surface area contributed by atoms with Crippen LogP contribution in [0.15, 0.2) is 30.3 Å². The summed E-state index contributed by atoms with van der Waals surface area (Å²) in [5, 5.41) is 24.0. The van der Waals surface area contributed by atoms with Crippen LogP contribution in [0.4, 0.5) is 0 Å². The molecule has 2 N–H and O–H groups in total. The number of ether oxygens (including phenoxy) is 5. The third-order valence-electron chi connectivity index (χ3n) is 8.46. The number of aliphatic hydroxyl groups excluding tert-OH is 1. The van der Waals surface area contributed by atoms with E-state index >= 15 is 0 Å². The summed E-state index contributed by atoms with van der Waals surface area (Å²) in [4.78, 5) is 50.4. The third-order valence-corrected chi connectivity index (χ3v) is 8.46. The largest absolute Gasteiger partial charge is 0.465 e. The second kappa shape index (κ2) is 9.87. The minimum Gasteiger partial charge on any atom is -0.465 e. The first kappa shape index (κ1) is 29.0. The molecule has 1 aromatic carbocycles. The molecule has 11 nitrogen and oxygen atoms in total. The van der Waals surface area contributed by atoms with Crippen molar-refractivity contribution in [3.63, 3.8) is 0 Å². The zero-order valence-corrected chi connectivity index (χ0v) is 23.0. The number of rotatable bonds is 6. The smallest absolute Gasteiger partial charge is 0.338 e. The Hall–Kier alpha value is -3.02. The zero-order valence-electron chi connectivity index (χ0n) is 23.0. The van der Waals surface area contributed by atoms with Crippen LogP contribution >= 0.6 is 0 Å². The number of esters is 4. The van der Waals surface area contributed by atoms with Gasteiger partial charge < -0.3 is 33.9 Å². The Morgan fingerprint density at radius 1 is 0.923 bits per heavy atom. The van der Waals surface area contributed by atoms with E-state index in [4.69, 9.17) is 23.7 Å². The van der Waals surface area contributed by atoms with Gasteiger partial charge in [0.2, 0.25) is 0 Å². The SMILES string of the molecule is CC(=O)OC[C@@]12[C@@H](OC(C)=O)CC[C@](C)(O)[C@]13OC(C)(C)[C@H]([C@@H](O)[C@H]2OC(=O)c1ccccc1)[C@H]3OC(C)=O. The van der Waals surface area contributed by atoms with Crippen molar-refractivity contribution in [2.24, 2.45) is 11.3 Å². The predicted molar refractivity (Wildman–Crippen MR) is 133 cm³/mol. The van der Waals surface area contributed by atoms with Gasteiger partial charge in [-0.15, -0.1) is 0 Å². The minimum atomic E-state index is -1.94. The van der Waals surface area contributed by atoms with Gasteiger partial charge in [0.05, 0.1) is 22.7 Å². The standard InChI is InChI=1S/C28H36O11/c1-15(29)35-14-27-19(36-16(2)30)12-13-26(6,34)28(27)22(37-17(3)31)20(25(4,5)39-28)21(32)23(27)38-24(33)18-10-8-7-9-11-18/h7-11,19-23,32,34H,12-14H2,1-6H3/t19-,20+,21+,22+,23+,26-,27-,28-/m0/s1. The minimum absolute atomic E-state index is 0.0305. The highest BCUT2D eigenvalue weighted by atomic mass is 16.6. The van der Waals surface area contributed by atoms with Gasteiger partial charge in [-0.05, 0) is 45.7 Å². The molecule has 11 heteroatoms. The molecule has 3 fully saturated rings. The number of hydrogen-bond donors (Lipinski definition) is 2. The summed E-state index contributed by atoms with van der Waals surface area (Å²) in [5.74, 6) is -3.89. The number of hydrogen-bond acceptors (Lipinski definition) is 11. The fraction of sp³-hybridized carbons (Fsp3) is 0.643. The number of fused-ring (bicyclic) bond motifs is 1. The first-order chi connectivity index (χ1) is 18.1. The Bertz CT molecular complexity index is 1150. The van der Waals surface area contributed by atoms with Gasteiger partial charge in [-0.2, -0.15) is 0 Å². The van der Waals surface area contributed by atoms with E-state index in [2.05, 4.69) is 0 Å². The molecule has 4 rings (SSSR count). The van der Waals surface area contributed by atoms with Crippen molar-refractivity contribution in [1.29, 1.82) is 0 Å². The number of carbonyl (C=O) groups excluding carboxylic acids is 4. The van der Waals surface area contributed by atoms with E-state index in [1.165, 1.54) is 39.8 Å². The normalized spacial score (nSPS) is 38.2. The molecule has 0 unspecified atom stereocenters. The highest BCUT2D eigenvalue weighted by Gasteiger charge is 2.86. The number of benzene rings is 1. The van der Waals surface area contributed by atoms with Crippen LogP contribution in [0.5, 0.6) is 0 Å². The fourth-order valence-corrected chi connectivity index (χ4v) is 7.14. The van der Waals surface area contributed by atoms with E-state index in [1.807, 2.05) is 0 Å². The Morgan fingerprint density at radius 3 is 2.10 bits per heavy atom. The zero-order chi connectivity index (χ0) is 29.0. The van der Waals surface area contributed by atoms with Crippen LogP contribution in [0.25, 0.3) is 0 Å². The average molecular weight is 549 g/mol. The van der Waals surface area contributed by atoms with Gasteiger partial charge in [0.25, 0.3) is 0 Å². The molecular weight excluding hydrogens is 512 g/mol. The lowest BCUT2D eigenvalue weighted by atomic mass is 9.46. The van der Waals surface area contributed by atoms with E-state index < -0.39 is 83.0 Å². The van der Waals surface area contributed by atoms with Crippen LogP contribution in [0.3, 0.4) is 0 Å². The molecule has 0 aromatic heterocycles. The van der Waals surface area contributed by atoms with Crippen molar-refractivity contribution in [1.82, 2.24) is 0 Å². The summed E-state index contributed by atoms with van der Waals surface area (Å²) in [6.45, 7) is 7.77. The lowest BCUT2D eigenvalue weighted by molar-refractivity contribution is -0.348. The van der Waals surface area contributed by atoms with E-state index in [0.717, 1.165) is 0 Å². The summed E-state index contributed by atoms with van der Waals surface area (Å²) >= 11 is 0. The van der Waals surface area contributed by atoms with Gasteiger partial charge in [0, 0.05) is 20.8 Å². The summed E-state index contributed by atoms with van der Waals surface area (Å²) < 4.78 is 29.8. The maximum atomic E-state index is 13.4. The van der Waals surface area contributed by atoms with Crippen LogP contribution in [0.2, 0.25) is 0 Å². The molecule has 214 valence electrons. The molecule has 1 saturated heterocycles. The van der Waals surface area contributed by atoms with E-state index in [9.17, 15) is 29.4 Å². The summed E-state index contributed by atoms with van der Waals surface area (Å²) in [6, 6.07) is 8.07. The molecule has 2 bridgehead atoms. The third kappa shape index (κ3) is 4.40. The molecule has 2 saturated carbocycles. The summed E-state index contributed by atoms with van der Waals surface area (Å²) in [5.41, 5.74) is -6.66. The van der Waals surface area contributed by atoms with Crippen LogP contribution < -0.4 is 0 Å². The van der Waals surface area contributed by atoms with Crippen molar-refractivity contribution in [3.05, 3.63) is 35.9 Å². The van der Waals surface area contributed by atoms with Crippen molar-refractivity contribution >= 4 is 23.9 Å². The maximum absolute atomic E-state index is 13.4. The molecule has 1 aliphatic heterocycles. The van der Waals surface area contributed by atoms with Gasteiger partial charge in [-0.3, -0.25) is 14.4 Å². The van der Waals surface area contributed by atoms with Gasteiger partial charge in [-0.1, -0.05) is 18.2 Å². The molecule has 0 amide bonds. The maximum Gasteiger partial charge on any atom is 0.338 e. The van der Waals surface area contributed by atoms with Gasteiger partial charge >= 0.3 is 23.9 Å². The van der Waals surface area contributed by atoms with Crippen molar-refractivity contribution < 1.29 is 53.1 Å². The summed E-state index contributed by atoms with van der Waals surface area (Å²) in [7, 11) is 0. The van der Waals surface area contributed by atoms with Crippen molar-refractivity contribution in [2.45, 2.75) is 95.6 Å². The lowest BCUT2D eigenvalue weighted by Gasteiger charge is -2.65. The van der Waals surface area contributed by atoms with Gasteiger partial charge in [-0.25, -0.2) is 4.79 Å². The molecule has 1 aromatic rings. The topological polar surface area (TPSA) is 155 Å². The molecular formula is C28H36O11. The highest BCUT2D eigenvalue weighted by molar-refractivity contribution is 5.89. The predicted octanol–water partition coefficient (Wildman–Crippen LogP) is 1.71. The highest BCUT2D eigenvalue weighted by Crippen LogP contribution is 2.68. The molecule has 1 heterocycles. The van der Waals surface area contributed by atoms with Crippen LogP contribution in [-0.2, 0) is 38.1 Å². The van der Waals surface area contributed by atoms with Crippen LogP contribution in [0.1, 0.15) is 64.7 Å². The van der Waals surface area contributed by atoms with Crippen molar-refractivity contribution in [2.75, 3.05) is 6.61 Å². The second-order valence-electron chi connectivity index (χ2n) is 11.4. The Balaban J connectivity index is 2.03. The fourth-order valence-electron chi connectivity index (χ4n) is 7.14. The number of carbonyl (C=O) groups is 4.